The minimum atomic E-state index is -0.750. The fourth-order valence-electron chi connectivity index (χ4n) is 4.23. The van der Waals surface area contributed by atoms with Gasteiger partial charge in [0, 0.05) is 35.9 Å². The summed E-state index contributed by atoms with van der Waals surface area (Å²) in [6.45, 7) is 2.68. The first-order valence-corrected chi connectivity index (χ1v) is 11.9. The molecule has 9 heteroatoms. The van der Waals surface area contributed by atoms with E-state index >= 15 is 0 Å². The van der Waals surface area contributed by atoms with Crippen LogP contribution in [0.2, 0.25) is 0 Å². The average Bonchev–Trinajstić information content (AvgIpc) is 3.42. The van der Waals surface area contributed by atoms with Gasteiger partial charge in [0.2, 0.25) is 0 Å². The predicted molar refractivity (Wildman–Crippen MR) is 120 cm³/mol. The highest BCUT2D eigenvalue weighted by Crippen LogP contribution is 2.32. The number of fused-ring (bicyclic) bond motifs is 2. The van der Waals surface area contributed by atoms with Crippen LogP contribution in [0.5, 0.6) is 5.75 Å². The van der Waals surface area contributed by atoms with Crippen molar-refractivity contribution in [3.05, 3.63) is 64.8 Å². The van der Waals surface area contributed by atoms with E-state index in [-0.39, 0.29) is 5.82 Å². The van der Waals surface area contributed by atoms with Crippen LogP contribution in [-0.4, -0.2) is 40.9 Å². The van der Waals surface area contributed by atoms with Gasteiger partial charge in [-0.15, -0.1) is 0 Å². The lowest BCUT2D eigenvalue weighted by Gasteiger charge is -2.16. The number of allylic oxidation sites excluding steroid dienone is 1. The molecule has 162 valence electrons. The van der Waals surface area contributed by atoms with E-state index in [4.69, 9.17) is 18.1 Å². The Bertz CT molecular complexity index is 1190. The summed E-state index contributed by atoms with van der Waals surface area (Å²) in [5.74, 6) is 3.79. The molecule has 1 aromatic carbocycles. The zero-order chi connectivity index (χ0) is 21.8. The molecule has 0 spiro atoms. The van der Waals surface area contributed by atoms with Gasteiger partial charge in [0.1, 0.15) is 23.7 Å². The highest BCUT2D eigenvalue weighted by molar-refractivity contribution is 7.99. The molecule has 3 aromatic rings. The van der Waals surface area contributed by atoms with Gasteiger partial charge in [0.25, 0.3) is 0 Å². The number of imidazole rings is 1. The summed E-state index contributed by atoms with van der Waals surface area (Å²) in [5, 5.41) is 0. The molecule has 2 aromatic heterocycles. The van der Waals surface area contributed by atoms with Crippen molar-refractivity contribution in [2.24, 2.45) is 0 Å². The number of rotatable bonds is 4. The van der Waals surface area contributed by atoms with Crippen LogP contribution in [0.4, 0.5) is 4.39 Å². The second-order valence-corrected chi connectivity index (χ2v) is 8.65. The standard InChI is InChI=1S/C22H22FN3OS.O2S/c1-14-22-18(15-7-10-28-11-8-15)12-24-21(26(22)13-25-14)5-2-16-17-6-9-27-20(17)4-3-19(16)23;1-3-2/h3-4,7,12-13H,2,5-6,8-11H2,1H3;. The van der Waals surface area contributed by atoms with Crippen molar-refractivity contribution in [1.29, 1.82) is 0 Å². The Morgan fingerprint density at radius 2 is 2.06 bits per heavy atom. The SMILES string of the molecule is Cc1ncn2c(CCc3c(F)ccc4c3CCO4)ncc(C3=CCSCC3)c12.O=S=O. The van der Waals surface area contributed by atoms with E-state index < -0.39 is 11.6 Å². The fraction of sp³-hybridized carbons (Fsp3) is 0.364. The Kier molecular flexibility index (Phi) is 6.82. The molecule has 0 unspecified atom stereocenters. The highest BCUT2D eigenvalue weighted by Gasteiger charge is 2.21. The van der Waals surface area contributed by atoms with Crippen LogP contribution in [-0.2, 0) is 30.8 Å². The second-order valence-electron chi connectivity index (χ2n) is 7.36. The van der Waals surface area contributed by atoms with Gasteiger partial charge in [-0.25, -0.2) is 14.4 Å². The van der Waals surface area contributed by atoms with Gasteiger partial charge < -0.3 is 4.74 Å². The molecule has 0 radical (unpaired) electrons. The minimum Gasteiger partial charge on any atom is -0.493 e. The molecule has 6 nitrogen and oxygen atoms in total. The van der Waals surface area contributed by atoms with Crippen LogP contribution < -0.4 is 4.74 Å². The first-order valence-electron chi connectivity index (χ1n) is 10.1. The zero-order valence-corrected chi connectivity index (χ0v) is 18.7. The van der Waals surface area contributed by atoms with E-state index in [9.17, 15) is 4.39 Å². The Balaban J connectivity index is 0.000000730. The first-order chi connectivity index (χ1) is 15.1. The second kappa shape index (κ2) is 9.74. The van der Waals surface area contributed by atoms with Crippen molar-refractivity contribution in [2.75, 3.05) is 18.1 Å². The summed E-state index contributed by atoms with van der Waals surface area (Å²) in [6.07, 6.45) is 9.25. The maximum absolute atomic E-state index is 14.5. The molecular weight excluding hydrogens is 437 g/mol. The van der Waals surface area contributed by atoms with Crippen molar-refractivity contribution >= 4 is 34.4 Å². The Morgan fingerprint density at radius 1 is 1.23 bits per heavy atom. The molecule has 0 N–H and O–H groups in total. The van der Waals surface area contributed by atoms with E-state index in [0.29, 0.717) is 19.4 Å². The van der Waals surface area contributed by atoms with Crippen LogP contribution in [0.15, 0.2) is 30.7 Å². The van der Waals surface area contributed by atoms with Crippen LogP contribution in [0.1, 0.15) is 34.6 Å². The molecule has 2 aliphatic heterocycles. The van der Waals surface area contributed by atoms with E-state index in [2.05, 4.69) is 15.5 Å². The smallest absolute Gasteiger partial charge is 0.335 e. The number of aromatic nitrogens is 3. The first kappa shape index (κ1) is 21.7. The van der Waals surface area contributed by atoms with Gasteiger partial charge >= 0.3 is 11.6 Å². The number of thioether (sulfide) groups is 1. The fourth-order valence-corrected chi connectivity index (χ4v) is 5.08. The Morgan fingerprint density at radius 3 is 2.84 bits per heavy atom. The van der Waals surface area contributed by atoms with Crippen LogP contribution in [0.3, 0.4) is 0 Å². The molecule has 0 aliphatic carbocycles. The number of aryl methyl sites for hydroxylation is 2. The third-order valence-electron chi connectivity index (χ3n) is 5.67. The Hall–Kier alpha value is -2.52. The lowest BCUT2D eigenvalue weighted by Crippen LogP contribution is -2.07. The molecule has 5 rings (SSSR count). The molecule has 0 saturated carbocycles. The predicted octanol–water partition coefficient (Wildman–Crippen LogP) is 3.75. The molecule has 0 bridgehead atoms. The molecule has 4 heterocycles. The maximum atomic E-state index is 14.5. The lowest BCUT2D eigenvalue weighted by molar-refractivity contribution is 0.356. The van der Waals surface area contributed by atoms with Crippen molar-refractivity contribution in [3.63, 3.8) is 0 Å². The van der Waals surface area contributed by atoms with Gasteiger partial charge in [-0.3, -0.25) is 4.40 Å². The molecule has 31 heavy (non-hydrogen) atoms. The normalized spacial score (nSPS) is 15.0. The summed E-state index contributed by atoms with van der Waals surface area (Å²) < 4.78 is 38.7. The minimum absolute atomic E-state index is 0.149. The molecule has 0 saturated heterocycles. The summed E-state index contributed by atoms with van der Waals surface area (Å²) in [5.41, 5.74) is 6.45. The number of ether oxygens (including phenoxy) is 1. The number of hydrogen-bond donors (Lipinski definition) is 0. The molecule has 2 aliphatic rings. The van der Waals surface area contributed by atoms with Crippen molar-refractivity contribution in [3.8, 4) is 5.75 Å². The van der Waals surface area contributed by atoms with E-state index in [0.717, 1.165) is 58.3 Å². The lowest BCUT2D eigenvalue weighted by atomic mass is 9.99. The molecule has 0 fully saturated rings. The van der Waals surface area contributed by atoms with Crippen molar-refractivity contribution < 1.29 is 17.5 Å². The number of nitrogens with zero attached hydrogens (tertiary/aromatic N) is 3. The molecule has 0 atom stereocenters. The summed E-state index contributed by atoms with van der Waals surface area (Å²) in [7, 11) is 0. The van der Waals surface area contributed by atoms with Crippen LogP contribution in [0, 0.1) is 12.7 Å². The average molecular weight is 460 g/mol. The zero-order valence-electron chi connectivity index (χ0n) is 17.1. The van der Waals surface area contributed by atoms with Crippen LogP contribution in [0.25, 0.3) is 11.1 Å². The van der Waals surface area contributed by atoms with E-state index in [1.807, 2.05) is 31.2 Å². The van der Waals surface area contributed by atoms with Crippen molar-refractivity contribution in [1.82, 2.24) is 14.4 Å². The topological polar surface area (TPSA) is 73.6 Å². The quantitative estimate of drug-likeness (QED) is 0.592. The van der Waals surface area contributed by atoms with E-state index in [1.54, 1.807) is 6.07 Å². The monoisotopic (exact) mass is 459 g/mol. The third kappa shape index (κ3) is 4.43. The van der Waals surface area contributed by atoms with Gasteiger partial charge in [-0.2, -0.15) is 20.2 Å². The van der Waals surface area contributed by atoms with Crippen LogP contribution >= 0.6 is 11.8 Å². The summed E-state index contributed by atoms with van der Waals surface area (Å²) in [4.78, 5) is 9.29. The summed E-state index contributed by atoms with van der Waals surface area (Å²) in [6, 6.07) is 3.25. The van der Waals surface area contributed by atoms with Gasteiger partial charge in [-0.1, -0.05) is 6.08 Å². The van der Waals surface area contributed by atoms with E-state index in [1.165, 1.54) is 17.2 Å². The van der Waals surface area contributed by atoms with Gasteiger partial charge in [0.05, 0.1) is 17.8 Å². The number of hydrogen-bond acceptors (Lipinski definition) is 6. The van der Waals surface area contributed by atoms with Gasteiger partial charge in [-0.05, 0) is 48.8 Å². The van der Waals surface area contributed by atoms with Crippen molar-refractivity contribution in [2.45, 2.75) is 32.6 Å². The number of halogens is 1. The highest BCUT2D eigenvalue weighted by atomic mass is 32.2. The Labute approximate surface area is 187 Å². The van der Waals surface area contributed by atoms with Gasteiger partial charge in [0.15, 0.2) is 0 Å². The summed E-state index contributed by atoms with van der Waals surface area (Å²) >= 11 is 1.21. The largest absolute Gasteiger partial charge is 0.493 e. The molecular formula is C22H22FN3O3S2. The maximum Gasteiger partial charge on any atom is 0.335 e. The third-order valence-corrected chi connectivity index (χ3v) is 6.57. The number of benzene rings is 1. The molecule has 0 amide bonds.